The minimum absolute atomic E-state index is 0.0418. The summed E-state index contributed by atoms with van der Waals surface area (Å²) in [5.74, 6) is 0.362. The molecule has 0 aromatic heterocycles. The van der Waals surface area contributed by atoms with Gasteiger partial charge in [-0.25, -0.2) is 8.42 Å². The number of benzene rings is 2. The van der Waals surface area contributed by atoms with E-state index >= 15 is 0 Å². The third-order valence-electron chi connectivity index (χ3n) is 4.84. The molecule has 0 bridgehead atoms. The van der Waals surface area contributed by atoms with E-state index in [1.807, 2.05) is 18.2 Å². The molecule has 3 rings (SSSR count). The minimum atomic E-state index is -3.55. The number of sulfonamides is 1. The van der Waals surface area contributed by atoms with Gasteiger partial charge in [-0.1, -0.05) is 49.4 Å². The Morgan fingerprint density at radius 2 is 1.72 bits per heavy atom. The van der Waals surface area contributed by atoms with Crippen molar-refractivity contribution in [1.82, 2.24) is 4.31 Å². The molecule has 0 aliphatic carbocycles. The average Bonchev–Trinajstić information content (AvgIpc) is 2.68. The summed E-state index contributed by atoms with van der Waals surface area (Å²) in [6, 6.07) is 16.6. The fraction of sp³-hybridized carbons (Fsp3) is 0.350. The van der Waals surface area contributed by atoms with Crippen LogP contribution in [0, 0.1) is 0 Å². The van der Waals surface area contributed by atoms with Crippen LogP contribution in [0.15, 0.2) is 59.5 Å². The van der Waals surface area contributed by atoms with Crippen LogP contribution in [-0.4, -0.2) is 31.6 Å². The van der Waals surface area contributed by atoms with Crippen LogP contribution in [0.2, 0.25) is 0 Å². The van der Waals surface area contributed by atoms with Gasteiger partial charge in [-0.2, -0.15) is 4.31 Å². The Kier molecular flexibility index (Phi) is 5.35. The fourth-order valence-corrected chi connectivity index (χ4v) is 4.85. The van der Waals surface area contributed by atoms with E-state index in [2.05, 4.69) is 12.1 Å². The number of nitrogens with zero attached hydrogens (tertiary/aromatic N) is 1. The minimum Gasteiger partial charge on any atom is -0.294 e. The number of carbonyl (C=O) groups is 1. The zero-order valence-corrected chi connectivity index (χ0v) is 15.2. The van der Waals surface area contributed by atoms with E-state index in [9.17, 15) is 13.2 Å². The Bertz CT molecular complexity index is 838. The molecule has 1 aliphatic rings. The summed E-state index contributed by atoms with van der Waals surface area (Å²) in [5, 5.41) is 0. The summed E-state index contributed by atoms with van der Waals surface area (Å²) in [4.78, 5) is 12.1. The first-order valence-corrected chi connectivity index (χ1v) is 10.1. The van der Waals surface area contributed by atoms with Gasteiger partial charge in [0.2, 0.25) is 10.0 Å². The molecule has 0 N–H and O–H groups in total. The predicted molar refractivity (Wildman–Crippen MR) is 98.2 cm³/mol. The second-order valence-corrected chi connectivity index (χ2v) is 8.33. The van der Waals surface area contributed by atoms with Crippen LogP contribution in [0.25, 0.3) is 0 Å². The summed E-state index contributed by atoms with van der Waals surface area (Å²) in [7, 11) is -3.55. The van der Waals surface area contributed by atoms with Crippen LogP contribution < -0.4 is 0 Å². The van der Waals surface area contributed by atoms with Gasteiger partial charge in [0.05, 0.1) is 4.90 Å². The lowest BCUT2D eigenvalue weighted by atomic mass is 9.90. The van der Waals surface area contributed by atoms with Gasteiger partial charge in [-0.05, 0) is 36.5 Å². The first kappa shape index (κ1) is 17.8. The molecule has 0 saturated carbocycles. The molecule has 1 saturated heterocycles. The van der Waals surface area contributed by atoms with Gasteiger partial charge < -0.3 is 0 Å². The second-order valence-electron chi connectivity index (χ2n) is 6.39. The highest BCUT2D eigenvalue weighted by atomic mass is 32.2. The monoisotopic (exact) mass is 357 g/mol. The highest BCUT2D eigenvalue weighted by Crippen LogP contribution is 2.30. The molecule has 5 heteroatoms. The van der Waals surface area contributed by atoms with Crippen molar-refractivity contribution in [1.29, 1.82) is 0 Å². The number of carbonyl (C=O) groups excluding carboxylic acids is 1. The van der Waals surface area contributed by atoms with E-state index in [1.54, 1.807) is 29.4 Å². The van der Waals surface area contributed by atoms with Crippen LogP contribution in [0.3, 0.4) is 0 Å². The van der Waals surface area contributed by atoms with E-state index in [0.29, 0.717) is 31.0 Å². The average molecular weight is 357 g/mol. The van der Waals surface area contributed by atoms with Gasteiger partial charge in [0.15, 0.2) is 5.78 Å². The summed E-state index contributed by atoms with van der Waals surface area (Å²) < 4.78 is 27.4. The first-order chi connectivity index (χ1) is 12.0. The molecule has 2 aromatic rings. The van der Waals surface area contributed by atoms with Crippen LogP contribution in [-0.2, 0) is 10.0 Å². The van der Waals surface area contributed by atoms with Crippen molar-refractivity contribution >= 4 is 15.8 Å². The Morgan fingerprint density at radius 1 is 1.04 bits per heavy atom. The fourth-order valence-electron chi connectivity index (χ4n) is 3.34. The van der Waals surface area contributed by atoms with Crippen molar-refractivity contribution in [2.45, 2.75) is 37.0 Å². The van der Waals surface area contributed by atoms with E-state index in [1.165, 1.54) is 11.6 Å². The zero-order valence-electron chi connectivity index (χ0n) is 14.4. The van der Waals surface area contributed by atoms with Crippen LogP contribution in [0.5, 0.6) is 0 Å². The zero-order chi connectivity index (χ0) is 17.9. The quantitative estimate of drug-likeness (QED) is 0.764. The molecule has 0 unspecified atom stereocenters. The van der Waals surface area contributed by atoms with E-state index < -0.39 is 10.0 Å². The van der Waals surface area contributed by atoms with Crippen molar-refractivity contribution in [2.75, 3.05) is 13.1 Å². The number of ketones is 1. The summed E-state index contributed by atoms with van der Waals surface area (Å²) in [6.45, 7) is 2.79. The molecule has 25 heavy (non-hydrogen) atoms. The van der Waals surface area contributed by atoms with Gasteiger partial charge in [0.1, 0.15) is 0 Å². The number of hydrogen-bond donors (Lipinski definition) is 0. The largest absolute Gasteiger partial charge is 0.294 e. The topological polar surface area (TPSA) is 54.5 Å². The molecule has 4 nitrogen and oxygen atoms in total. The van der Waals surface area contributed by atoms with Crippen molar-refractivity contribution in [3.05, 3.63) is 65.7 Å². The Balaban J connectivity index is 1.75. The molecular weight excluding hydrogens is 334 g/mol. The van der Waals surface area contributed by atoms with Gasteiger partial charge >= 0.3 is 0 Å². The predicted octanol–water partition coefficient (Wildman–Crippen LogP) is 3.85. The summed E-state index contributed by atoms with van der Waals surface area (Å²) in [5.41, 5.74) is 1.73. The Morgan fingerprint density at radius 3 is 2.36 bits per heavy atom. The molecule has 132 valence electrons. The van der Waals surface area contributed by atoms with Gasteiger partial charge in [-0.15, -0.1) is 0 Å². The molecule has 2 aromatic carbocycles. The standard InChI is InChI=1S/C20H23NO3S/c1-2-20(22)18-9-6-10-19(15-18)25(23,24)21-13-11-17(12-14-21)16-7-4-3-5-8-16/h3-10,15,17H,2,11-14H2,1H3. The Labute approximate surface area is 149 Å². The number of hydrogen-bond acceptors (Lipinski definition) is 3. The van der Waals surface area contributed by atoms with Crippen molar-refractivity contribution in [3.63, 3.8) is 0 Å². The normalized spacial score (nSPS) is 16.7. The summed E-state index contributed by atoms with van der Waals surface area (Å²) >= 11 is 0. The molecule has 1 aliphatic heterocycles. The van der Waals surface area contributed by atoms with Crippen molar-refractivity contribution in [3.8, 4) is 0 Å². The van der Waals surface area contributed by atoms with Crippen LogP contribution in [0.1, 0.15) is 48.0 Å². The maximum absolute atomic E-state index is 12.9. The lowest BCUT2D eigenvalue weighted by Gasteiger charge is -2.31. The maximum atomic E-state index is 12.9. The molecule has 0 atom stereocenters. The molecule has 1 heterocycles. The van der Waals surface area contributed by atoms with Gasteiger partial charge in [0, 0.05) is 25.1 Å². The highest BCUT2D eigenvalue weighted by molar-refractivity contribution is 7.89. The van der Waals surface area contributed by atoms with E-state index in [0.717, 1.165) is 12.8 Å². The number of rotatable bonds is 5. The first-order valence-electron chi connectivity index (χ1n) is 8.70. The van der Waals surface area contributed by atoms with Crippen molar-refractivity contribution in [2.24, 2.45) is 0 Å². The SMILES string of the molecule is CCC(=O)c1cccc(S(=O)(=O)N2CCC(c3ccccc3)CC2)c1. The smallest absolute Gasteiger partial charge is 0.243 e. The molecule has 0 radical (unpaired) electrons. The van der Waals surface area contributed by atoms with Crippen molar-refractivity contribution < 1.29 is 13.2 Å². The summed E-state index contributed by atoms with van der Waals surface area (Å²) in [6.07, 6.45) is 2.00. The molecule has 0 spiro atoms. The molecule has 1 fully saturated rings. The molecule has 0 amide bonds. The third-order valence-corrected chi connectivity index (χ3v) is 6.73. The molecular formula is C20H23NO3S. The number of Topliss-reactive ketones (excluding diaryl/α,β-unsaturated/α-hetero) is 1. The Hall–Kier alpha value is -1.98. The third kappa shape index (κ3) is 3.83. The van der Waals surface area contributed by atoms with E-state index in [4.69, 9.17) is 0 Å². The van der Waals surface area contributed by atoms with Gasteiger partial charge in [0.25, 0.3) is 0 Å². The van der Waals surface area contributed by atoms with Crippen LogP contribution >= 0.6 is 0 Å². The lowest BCUT2D eigenvalue weighted by molar-refractivity contribution is 0.0988. The van der Waals surface area contributed by atoms with Gasteiger partial charge in [-0.3, -0.25) is 4.79 Å². The highest BCUT2D eigenvalue weighted by Gasteiger charge is 2.30. The lowest BCUT2D eigenvalue weighted by Crippen LogP contribution is -2.37. The second kappa shape index (κ2) is 7.50. The van der Waals surface area contributed by atoms with Crippen LogP contribution in [0.4, 0.5) is 0 Å². The maximum Gasteiger partial charge on any atom is 0.243 e. The van der Waals surface area contributed by atoms with E-state index in [-0.39, 0.29) is 10.7 Å². The number of piperidine rings is 1.